The second-order valence-corrected chi connectivity index (χ2v) is 4.85. The third-order valence-corrected chi connectivity index (χ3v) is 4.09. The van der Waals surface area contributed by atoms with E-state index in [-0.39, 0.29) is 0 Å². The van der Waals surface area contributed by atoms with E-state index in [2.05, 4.69) is 10.2 Å². The van der Waals surface area contributed by atoms with Crippen LogP contribution in [-0.2, 0) is 17.6 Å². The van der Waals surface area contributed by atoms with E-state index in [0.29, 0.717) is 0 Å². The van der Waals surface area contributed by atoms with Crippen LogP contribution in [0.2, 0.25) is 0 Å². The maximum absolute atomic E-state index is 12.2. The predicted octanol–water partition coefficient (Wildman–Crippen LogP) is 1.55. The molecule has 1 aromatic carbocycles. The van der Waals surface area contributed by atoms with E-state index in [4.69, 9.17) is 0 Å². The average molecular weight is 216 g/mol. The molecule has 1 atom stereocenters. The molecule has 3 rings (SSSR count). The standard InChI is InChI=1S/C11H8N2OS/c14-15-10-4-2-1-3-8(10)5-9-6-12-13-7-11(9)15/h1-4,6-7H,5H2. The van der Waals surface area contributed by atoms with Crippen LogP contribution in [0.15, 0.2) is 46.5 Å². The summed E-state index contributed by atoms with van der Waals surface area (Å²) in [6, 6.07) is 7.80. The molecule has 0 saturated heterocycles. The van der Waals surface area contributed by atoms with Crippen LogP contribution in [0.1, 0.15) is 11.1 Å². The topological polar surface area (TPSA) is 48.8 Å². The predicted molar refractivity (Wildman–Crippen MR) is 56.0 cm³/mol. The summed E-state index contributed by atoms with van der Waals surface area (Å²) in [5.41, 5.74) is 2.14. The Bertz CT molecular complexity index is 470. The van der Waals surface area contributed by atoms with Gasteiger partial charge in [0.15, 0.2) is 9.79 Å². The van der Waals surface area contributed by atoms with Crippen molar-refractivity contribution in [2.75, 3.05) is 0 Å². The summed E-state index contributed by atoms with van der Waals surface area (Å²) < 4.78 is 12.2. The van der Waals surface area contributed by atoms with Crippen molar-refractivity contribution in [1.82, 2.24) is 10.2 Å². The molecule has 1 unspecified atom stereocenters. The molecule has 0 bridgehead atoms. The maximum atomic E-state index is 12.2. The highest BCUT2D eigenvalue weighted by atomic mass is 32.2. The number of rotatable bonds is 0. The Kier molecular flexibility index (Phi) is 1.97. The third-order valence-electron chi connectivity index (χ3n) is 2.52. The normalized spacial score (nSPS) is 18.1. The first kappa shape index (κ1) is 8.88. The first-order valence-electron chi connectivity index (χ1n) is 4.65. The SMILES string of the molecule is [O-][S+]1c2ccccc2Cc2cnncc21. The summed E-state index contributed by atoms with van der Waals surface area (Å²) in [4.78, 5) is 1.70. The minimum absolute atomic E-state index is 0.795. The second kappa shape index (κ2) is 3.32. The molecule has 1 aromatic heterocycles. The highest BCUT2D eigenvalue weighted by molar-refractivity contribution is 7.91. The molecule has 0 N–H and O–H groups in total. The molecule has 0 aliphatic carbocycles. The van der Waals surface area contributed by atoms with E-state index in [9.17, 15) is 4.55 Å². The van der Waals surface area contributed by atoms with E-state index < -0.39 is 11.2 Å². The van der Waals surface area contributed by atoms with Crippen molar-refractivity contribution < 1.29 is 4.55 Å². The van der Waals surface area contributed by atoms with Gasteiger partial charge in [0.25, 0.3) is 0 Å². The lowest BCUT2D eigenvalue weighted by Crippen LogP contribution is -2.15. The van der Waals surface area contributed by atoms with Gasteiger partial charge in [-0.15, -0.1) is 0 Å². The number of aromatic nitrogens is 2. The fraction of sp³-hybridized carbons (Fsp3) is 0.0909. The van der Waals surface area contributed by atoms with Gasteiger partial charge in [-0.1, -0.05) is 18.2 Å². The Balaban J connectivity index is 2.20. The molecular weight excluding hydrogens is 208 g/mol. The zero-order valence-electron chi connectivity index (χ0n) is 7.88. The van der Waals surface area contributed by atoms with Gasteiger partial charge >= 0.3 is 0 Å². The monoisotopic (exact) mass is 216 g/mol. The molecule has 74 valence electrons. The van der Waals surface area contributed by atoms with Crippen LogP contribution < -0.4 is 0 Å². The van der Waals surface area contributed by atoms with E-state index in [0.717, 1.165) is 27.3 Å². The van der Waals surface area contributed by atoms with Gasteiger partial charge in [-0.05, 0) is 6.07 Å². The maximum Gasteiger partial charge on any atom is 0.183 e. The van der Waals surface area contributed by atoms with Gasteiger partial charge in [0.05, 0.1) is 6.20 Å². The average Bonchev–Trinajstić information content (AvgIpc) is 2.30. The molecule has 4 heteroatoms. The van der Waals surface area contributed by atoms with E-state index in [1.54, 1.807) is 12.4 Å². The summed E-state index contributed by atoms with van der Waals surface area (Å²) in [6.45, 7) is 0. The van der Waals surface area contributed by atoms with Crippen LogP contribution in [-0.4, -0.2) is 14.8 Å². The molecule has 0 fully saturated rings. The van der Waals surface area contributed by atoms with Crippen molar-refractivity contribution in [3.05, 3.63) is 47.8 Å². The number of fused-ring (bicyclic) bond motifs is 2. The molecule has 0 saturated carbocycles. The van der Waals surface area contributed by atoms with Gasteiger partial charge in [-0.3, -0.25) is 0 Å². The number of hydrogen-bond donors (Lipinski definition) is 0. The fourth-order valence-electron chi connectivity index (χ4n) is 1.79. The van der Waals surface area contributed by atoms with Gasteiger partial charge in [-0.2, -0.15) is 10.2 Å². The quantitative estimate of drug-likeness (QED) is 0.628. The van der Waals surface area contributed by atoms with Gasteiger partial charge in [0.2, 0.25) is 0 Å². The highest BCUT2D eigenvalue weighted by Gasteiger charge is 2.28. The van der Waals surface area contributed by atoms with Gasteiger partial charge < -0.3 is 4.55 Å². The summed E-state index contributed by atoms with van der Waals surface area (Å²) in [7, 11) is 0. The fourth-order valence-corrected chi connectivity index (χ4v) is 3.11. The Morgan fingerprint density at radius 3 is 2.73 bits per heavy atom. The zero-order chi connectivity index (χ0) is 10.3. The molecule has 0 radical (unpaired) electrons. The lowest BCUT2D eigenvalue weighted by atomic mass is 10.1. The minimum Gasteiger partial charge on any atom is -0.606 e. The van der Waals surface area contributed by atoms with Crippen LogP contribution in [0.3, 0.4) is 0 Å². The zero-order valence-corrected chi connectivity index (χ0v) is 8.70. The van der Waals surface area contributed by atoms with Crippen LogP contribution in [0.5, 0.6) is 0 Å². The van der Waals surface area contributed by atoms with Crippen molar-refractivity contribution in [2.45, 2.75) is 16.2 Å². The Labute approximate surface area is 90.3 Å². The summed E-state index contributed by atoms with van der Waals surface area (Å²) in [5, 5.41) is 7.60. The van der Waals surface area contributed by atoms with Crippen molar-refractivity contribution in [3.63, 3.8) is 0 Å². The van der Waals surface area contributed by atoms with Crippen LogP contribution in [0.4, 0.5) is 0 Å². The van der Waals surface area contributed by atoms with E-state index >= 15 is 0 Å². The first-order valence-corrected chi connectivity index (χ1v) is 5.80. The molecule has 0 amide bonds. The smallest absolute Gasteiger partial charge is 0.183 e. The van der Waals surface area contributed by atoms with Crippen molar-refractivity contribution in [2.24, 2.45) is 0 Å². The summed E-state index contributed by atoms with van der Waals surface area (Å²) in [5.74, 6) is 0. The minimum atomic E-state index is -1.09. The second-order valence-electron chi connectivity index (χ2n) is 3.43. The molecular formula is C11H8N2OS. The molecule has 2 aromatic rings. The van der Waals surface area contributed by atoms with E-state index in [1.165, 1.54) is 0 Å². The molecule has 0 spiro atoms. The lowest BCUT2D eigenvalue weighted by molar-refractivity contribution is 0.589. The Hall–Kier alpha value is -1.39. The van der Waals surface area contributed by atoms with Crippen molar-refractivity contribution in [3.8, 4) is 0 Å². The summed E-state index contributed by atoms with van der Waals surface area (Å²) in [6.07, 6.45) is 4.09. The van der Waals surface area contributed by atoms with Gasteiger partial charge in [0.1, 0.15) is 6.20 Å². The largest absolute Gasteiger partial charge is 0.606 e. The number of nitrogens with zero attached hydrogens (tertiary/aromatic N) is 2. The Morgan fingerprint density at radius 2 is 1.80 bits per heavy atom. The molecule has 1 aliphatic heterocycles. The summed E-state index contributed by atoms with van der Waals surface area (Å²) >= 11 is -1.09. The van der Waals surface area contributed by atoms with Crippen molar-refractivity contribution in [1.29, 1.82) is 0 Å². The van der Waals surface area contributed by atoms with Crippen molar-refractivity contribution >= 4 is 11.2 Å². The van der Waals surface area contributed by atoms with Crippen LogP contribution in [0.25, 0.3) is 0 Å². The Morgan fingerprint density at radius 1 is 1.00 bits per heavy atom. The van der Waals surface area contributed by atoms with Crippen LogP contribution >= 0.6 is 0 Å². The molecule has 15 heavy (non-hydrogen) atoms. The first-order chi connectivity index (χ1) is 7.36. The lowest BCUT2D eigenvalue weighted by Gasteiger charge is -2.20. The van der Waals surface area contributed by atoms with E-state index in [1.807, 2.05) is 24.3 Å². The van der Waals surface area contributed by atoms with Gasteiger partial charge in [-0.25, -0.2) is 0 Å². The number of hydrogen-bond acceptors (Lipinski definition) is 3. The highest BCUT2D eigenvalue weighted by Crippen LogP contribution is 2.32. The molecule has 3 nitrogen and oxygen atoms in total. The molecule has 2 heterocycles. The van der Waals surface area contributed by atoms with Gasteiger partial charge in [0, 0.05) is 28.7 Å². The third kappa shape index (κ3) is 1.33. The molecule has 1 aliphatic rings. The van der Waals surface area contributed by atoms with Crippen LogP contribution in [0, 0.1) is 0 Å². The number of benzene rings is 1.